The third-order valence-electron chi connectivity index (χ3n) is 5.26. The molecule has 3 fully saturated rings. The minimum absolute atomic E-state index is 0.342. The van der Waals surface area contributed by atoms with Crippen molar-refractivity contribution in [2.24, 2.45) is 35.5 Å². The molecule has 2 nitrogen and oxygen atoms in total. The lowest BCUT2D eigenvalue weighted by Gasteiger charge is -2.14. The number of fused-ring (bicyclic) bond motifs is 5. The van der Waals surface area contributed by atoms with Gasteiger partial charge in [-0.1, -0.05) is 29.8 Å². The first-order valence-corrected chi connectivity index (χ1v) is 8.41. The summed E-state index contributed by atoms with van der Waals surface area (Å²) in [6.07, 6.45) is 5.34. The Bertz CT molecular complexity index is 327. The predicted octanol–water partition coefficient (Wildman–Crippen LogP) is 3.20. The molecule has 3 rings (SSSR count). The van der Waals surface area contributed by atoms with Crippen LogP contribution >= 0.6 is 15.9 Å². The second-order valence-corrected chi connectivity index (χ2v) is 8.28. The van der Waals surface area contributed by atoms with Crippen LogP contribution in [0.3, 0.4) is 0 Å². The smallest absolute Gasteiger partial charge is 0.223 e. The van der Waals surface area contributed by atoms with Crippen LogP contribution in [0.15, 0.2) is 0 Å². The molecule has 5 unspecified atom stereocenters. The van der Waals surface area contributed by atoms with Crippen LogP contribution in [-0.2, 0) is 4.79 Å². The van der Waals surface area contributed by atoms with E-state index in [4.69, 9.17) is 0 Å². The minimum Gasteiger partial charge on any atom is -0.355 e. The Labute approximate surface area is 118 Å². The minimum atomic E-state index is 0.342. The second kappa shape index (κ2) is 4.81. The molecule has 102 valence electrons. The molecule has 18 heavy (non-hydrogen) atoms. The summed E-state index contributed by atoms with van der Waals surface area (Å²) in [5.74, 6) is 4.73. The molecule has 1 N–H and O–H groups in total. The third kappa shape index (κ3) is 2.23. The summed E-state index contributed by atoms with van der Waals surface area (Å²) < 4.78 is 0. The van der Waals surface area contributed by atoms with Gasteiger partial charge >= 0.3 is 0 Å². The van der Waals surface area contributed by atoms with E-state index < -0.39 is 0 Å². The zero-order chi connectivity index (χ0) is 12.9. The Balaban J connectivity index is 1.44. The van der Waals surface area contributed by atoms with Crippen molar-refractivity contribution in [3.8, 4) is 0 Å². The lowest BCUT2D eigenvalue weighted by molar-refractivity contribution is -0.123. The van der Waals surface area contributed by atoms with Crippen molar-refractivity contribution in [3.05, 3.63) is 0 Å². The highest BCUT2D eigenvalue weighted by Gasteiger charge is 2.67. The molecule has 0 aromatic rings. The summed E-state index contributed by atoms with van der Waals surface area (Å²) in [7, 11) is 0. The van der Waals surface area contributed by atoms with Crippen LogP contribution in [0.25, 0.3) is 0 Å². The van der Waals surface area contributed by atoms with Gasteiger partial charge in [0.05, 0.1) is 0 Å². The Kier molecular flexibility index (Phi) is 3.46. The number of halogens is 1. The zero-order valence-corrected chi connectivity index (χ0v) is 12.9. The molecule has 5 atom stereocenters. The van der Waals surface area contributed by atoms with Gasteiger partial charge in [0.15, 0.2) is 0 Å². The fourth-order valence-electron chi connectivity index (χ4n) is 4.60. The molecular formula is C15H24BrNO. The van der Waals surface area contributed by atoms with Crippen molar-refractivity contribution in [2.75, 3.05) is 6.54 Å². The van der Waals surface area contributed by atoms with Crippen LogP contribution in [0.2, 0.25) is 0 Å². The average molecular weight is 314 g/mol. The third-order valence-corrected chi connectivity index (χ3v) is 5.96. The summed E-state index contributed by atoms with van der Waals surface area (Å²) >= 11 is 3.66. The first-order valence-electron chi connectivity index (χ1n) is 7.49. The number of amides is 1. The van der Waals surface area contributed by atoms with Crippen molar-refractivity contribution < 1.29 is 4.79 Å². The largest absolute Gasteiger partial charge is 0.355 e. The Morgan fingerprint density at radius 3 is 2.44 bits per heavy atom. The van der Waals surface area contributed by atoms with Gasteiger partial charge in [-0.05, 0) is 55.3 Å². The number of nitrogens with one attached hydrogen (secondary N) is 1. The van der Waals surface area contributed by atoms with E-state index in [1.165, 1.54) is 19.3 Å². The van der Waals surface area contributed by atoms with Crippen LogP contribution in [-0.4, -0.2) is 17.3 Å². The summed E-state index contributed by atoms with van der Waals surface area (Å²) in [5.41, 5.74) is 0. The number of hydrogen-bond acceptors (Lipinski definition) is 1. The van der Waals surface area contributed by atoms with Crippen molar-refractivity contribution in [1.29, 1.82) is 0 Å². The van der Waals surface area contributed by atoms with Gasteiger partial charge in [0, 0.05) is 17.3 Å². The molecular weight excluding hydrogens is 290 g/mol. The van der Waals surface area contributed by atoms with E-state index >= 15 is 0 Å². The molecule has 3 aliphatic rings. The highest BCUT2D eigenvalue weighted by Crippen LogP contribution is 2.69. The van der Waals surface area contributed by atoms with Gasteiger partial charge in [-0.2, -0.15) is 0 Å². The van der Waals surface area contributed by atoms with Crippen LogP contribution in [0.5, 0.6) is 0 Å². The van der Waals surface area contributed by atoms with Gasteiger partial charge in [0.2, 0.25) is 5.91 Å². The zero-order valence-electron chi connectivity index (χ0n) is 11.4. The maximum atomic E-state index is 12.2. The second-order valence-electron chi connectivity index (χ2n) is 6.99. The molecule has 0 aromatic carbocycles. The standard InChI is InChI=1S/C15H24BrNO/c1-8(2)5-11(16)7-17-15(18)14-12-9-3-4-10(6-9)13(12)14/h8-14H,3-7H2,1-2H3,(H,17,18). The van der Waals surface area contributed by atoms with E-state index in [1.54, 1.807) is 0 Å². The number of hydrogen-bond donors (Lipinski definition) is 1. The van der Waals surface area contributed by atoms with Gasteiger partial charge in [0.25, 0.3) is 0 Å². The summed E-state index contributed by atoms with van der Waals surface area (Å²) in [4.78, 5) is 12.6. The van der Waals surface area contributed by atoms with E-state index in [9.17, 15) is 4.79 Å². The van der Waals surface area contributed by atoms with E-state index in [2.05, 4.69) is 35.1 Å². The van der Waals surface area contributed by atoms with Crippen LogP contribution in [0.4, 0.5) is 0 Å². The van der Waals surface area contributed by atoms with Crippen molar-refractivity contribution in [3.63, 3.8) is 0 Å². The average Bonchev–Trinajstić information content (AvgIpc) is 2.74. The predicted molar refractivity (Wildman–Crippen MR) is 76.5 cm³/mol. The maximum absolute atomic E-state index is 12.2. The summed E-state index contributed by atoms with van der Waals surface area (Å²) in [6, 6.07) is 0. The first-order chi connectivity index (χ1) is 8.58. The Hall–Kier alpha value is -0.0500. The normalized spacial score (nSPS) is 41.9. The molecule has 0 saturated heterocycles. The Morgan fingerprint density at radius 1 is 1.28 bits per heavy atom. The van der Waals surface area contributed by atoms with Gasteiger partial charge in [-0.25, -0.2) is 0 Å². The van der Waals surface area contributed by atoms with Crippen LogP contribution in [0.1, 0.15) is 39.5 Å². The monoisotopic (exact) mass is 313 g/mol. The van der Waals surface area contributed by atoms with Gasteiger partial charge in [0.1, 0.15) is 0 Å². The van der Waals surface area contributed by atoms with E-state index in [1.807, 2.05) is 0 Å². The number of alkyl halides is 1. The molecule has 1 amide bonds. The Morgan fingerprint density at radius 2 is 1.89 bits per heavy atom. The molecule has 3 saturated carbocycles. The molecule has 3 heteroatoms. The highest BCUT2D eigenvalue weighted by molar-refractivity contribution is 9.09. The van der Waals surface area contributed by atoms with Gasteiger partial charge < -0.3 is 5.32 Å². The van der Waals surface area contributed by atoms with E-state index in [0.29, 0.717) is 22.6 Å². The van der Waals surface area contributed by atoms with Crippen molar-refractivity contribution >= 4 is 21.8 Å². The molecule has 3 aliphatic carbocycles. The first kappa shape index (κ1) is 13.0. The quantitative estimate of drug-likeness (QED) is 0.776. The lowest BCUT2D eigenvalue weighted by atomic mass is 10.0. The number of carbonyl (C=O) groups excluding carboxylic acids is 1. The fraction of sp³-hybridized carbons (Fsp3) is 0.933. The fourth-order valence-corrected chi connectivity index (χ4v) is 5.51. The molecule has 0 spiro atoms. The summed E-state index contributed by atoms with van der Waals surface area (Å²) in [5, 5.41) is 3.16. The van der Waals surface area contributed by atoms with Crippen molar-refractivity contribution in [1.82, 2.24) is 5.32 Å². The van der Waals surface area contributed by atoms with Gasteiger partial charge in [-0.15, -0.1) is 0 Å². The molecule has 0 radical (unpaired) electrons. The highest BCUT2D eigenvalue weighted by atomic mass is 79.9. The molecule has 2 bridgehead atoms. The van der Waals surface area contributed by atoms with E-state index in [-0.39, 0.29) is 0 Å². The SMILES string of the molecule is CC(C)CC(Br)CNC(=O)C1C2C3CCC(C3)C12. The maximum Gasteiger partial charge on any atom is 0.223 e. The van der Waals surface area contributed by atoms with Crippen LogP contribution < -0.4 is 5.32 Å². The topological polar surface area (TPSA) is 29.1 Å². The summed E-state index contributed by atoms with van der Waals surface area (Å²) in [6.45, 7) is 5.24. The molecule has 0 aromatic heterocycles. The van der Waals surface area contributed by atoms with Gasteiger partial charge in [-0.3, -0.25) is 4.79 Å². The van der Waals surface area contributed by atoms with Crippen molar-refractivity contribution in [2.45, 2.75) is 44.4 Å². The number of carbonyl (C=O) groups is 1. The molecule has 0 heterocycles. The van der Waals surface area contributed by atoms with E-state index in [0.717, 1.165) is 36.6 Å². The number of rotatable bonds is 5. The molecule has 0 aliphatic heterocycles. The van der Waals surface area contributed by atoms with Crippen LogP contribution in [0, 0.1) is 35.5 Å². The lowest BCUT2D eigenvalue weighted by Crippen LogP contribution is -2.32.